The van der Waals surface area contributed by atoms with E-state index in [1.54, 1.807) is 29.2 Å². The van der Waals surface area contributed by atoms with Crippen LogP contribution in [0.5, 0.6) is 5.75 Å². The lowest BCUT2D eigenvalue weighted by molar-refractivity contribution is -0.137. The van der Waals surface area contributed by atoms with Crippen LogP contribution in [0.4, 0.5) is 24.5 Å². The highest BCUT2D eigenvalue weighted by atomic mass is 19.4. The molecule has 0 bridgehead atoms. The van der Waals surface area contributed by atoms with Gasteiger partial charge in [0.1, 0.15) is 18.4 Å². The Morgan fingerprint density at radius 2 is 1.97 bits per heavy atom. The van der Waals surface area contributed by atoms with Crippen molar-refractivity contribution in [2.75, 3.05) is 23.3 Å². The van der Waals surface area contributed by atoms with Gasteiger partial charge in [0.25, 0.3) is 5.91 Å². The number of fused-ring (bicyclic) bond motifs is 1. The van der Waals surface area contributed by atoms with Crippen molar-refractivity contribution >= 4 is 23.2 Å². The standard InChI is InChI=1S/C20H17F3N6O3/c21-20(22,23)12-5-6-14(29-11-25-10-26-29)13(7-12)27-18(30)9-28-8-17(19(24)31)32-16-4-2-1-3-15(16)28/h1-7,10-11,17H,8-9H2,(H2,24,31)(H,27,30)/t17-/m0/s1. The number of benzene rings is 2. The maximum atomic E-state index is 13.2. The van der Waals surface area contributed by atoms with Crippen molar-refractivity contribution in [3.8, 4) is 11.4 Å². The number of hydrogen-bond acceptors (Lipinski definition) is 6. The molecule has 0 aliphatic carbocycles. The predicted octanol–water partition coefficient (Wildman–Crippen LogP) is 1.98. The summed E-state index contributed by atoms with van der Waals surface area (Å²) < 4.78 is 46.5. The van der Waals surface area contributed by atoms with Gasteiger partial charge >= 0.3 is 6.18 Å². The number of nitrogens with one attached hydrogen (secondary N) is 1. The summed E-state index contributed by atoms with van der Waals surface area (Å²) in [7, 11) is 0. The van der Waals surface area contributed by atoms with Gasteiger partial charge in [-0.3, -0.25) is 9.59 Å². The van der Waals surface area contributed by atoms with Gasteiger partial charge in [0, 0.05) is 0 Å². The number of rotatable bonds is 5. The van der Waals surface area contributed by atoms with E-state index < -0.39 is 29.7 Å². The SMILES string of the molecule is NC(=O)[C@@H]1CN(CC(=O)Nc2cc(C(F)(F)F)ccc2-n2cncn2)c2ccccc2O1. The van der Waals surface area contributed by atoms with Gasteiger partial charge in [-0.25, -0.2) is 9.67 Å². The third kappa shape index (κ3) is 4.33. The number of primary amides is 1. The number of hydrogen-bond donors (Lipinski definition) is 2. The van der Waals surface area contributed by atoms with Crippen LogP contribution in [0.1, 0.15) is 5.56 Å². The van der Waals surface area contributed by atoms with Crippen molar-refractivity contribution in [1.82, 2.24) is 14.8 Å². The van der Waals surface area contributed by atoms with Gasteiger partial charge in [0.2, 0.25) is 5.91 Å². The van der Waals surface area contributed by atoms with Gasteiger partial charge in [-0.1, -0.05) is 12.1 Å². The molecule has 0 saturated carbocycles. The third-order valence-corrected chi connectivity index (χ3v) is 4.78. The van der Waals surface area contributed by atoms with Crippen LogP contribution in [0.3, 0.4) is 0 Å². The molecule has 0 radical (unpaired) electrons. The van der Waals surface area contributed by atoms with Crippen molar-refractivity contribution < 1.29 is 27.5 Å². The number of halogens is 3. The zero-order valence-electron chi connectivity index (χ0n) is 16.4. The minimum Gasteiger partial charge on any atom is -0.477 e. The fraction of sp³-hybridized carbons (Fsp3) is 0.200. The van der Waals surface area contributed by atoms with E-state index in [0.717, 1.165) is 12.1 Å². The molecule has 2 aromatic carbocycles. The number of aromatic nitrogens is 3. The summed E-state index contributed by atoms with van der Waals surface area (Å²) in [5.74, 6) is -0.931. The molecule has 1 aromatic heterocycles. The van der Waals surface area contributed by atoms with Crippen LogP contribution in [-0.2, 0) is 15.8 Å². The Kier molecular flexibility index (Phi) is 5.43. The Morgan fingerprint density at radius 3 is 2.66 bits per heavy atom. The van der Waals surface area contributed by atoms with Gasteiger partial charge < -0.3 is 20.7 Å². The summed E-state index contributed by atoms with van der Waals surface area (Å²) in [4.78, 5) is 29.8. The van der Waals surface area contributed by atoms with Gasteiger partial charge in [0.05, 0.1) is 35.7 Å². The largest absolute Gasteiger partial charge is 0.477 e. The maximum Gasteiger partial charge on any atom is 0.416 e. The number of nitrogens with two attached hydrogens (primary N) is 1. The smallest absolute Gasteiger partial charge is 0.416 e. The fourth-order valence-corrected chi connectivity index (χ4v) is 3.31. The van der Waals surface area contributed by atoms with E-state index >= 15 is 0 Å². The summed E-state index contributed by atoms with van der Waals surface area (Å²) in [5.41, 5.74) is 5.10. The normalized spacial score (nSPS) is 15.6. The molecule has 1 aliphatic heterocycles. The van der Waals surface area contributed by atoms with Crippen molar-refractivity contribution in [3.63, 3.8) is 0 Å². The van der Waals surface area contributed by atoms with E-state index in [9.17, 15) is 22.8 Å². The van der Waals surface area contributed by atoms with Gasteiger partial charge in [-0.15, -0.1) is 0 Å². The minimum absolute atomic E-state index is 0.0122. The molecule has 3 N–H and O–H groups in total. The minimum atomic E-state index is -4.60. The lowest BCUT2D eigenvalue weighted by Crippen LogP contribution is -2.49. The van der Waals surface area contributed by atoms with E-state index in [1.165, 1.54) is 23.4 Å². The second kappa shape index (κ2) is 8.21. The maximum absolute atomic E-state index is 13.2. The molecule has 9 nitrogen and oxygen atoms in total. The molecule has 2 amide bonds. The average Bonchev–Trinajstić information content (AvgIpc) is 3.27. The van der Waals surface area contributed by atoms with Gasteiger partial charge in [-0.05, 0) is 30.3 Å². The Morgan fingerprint density at radius 1 is 1.19 bits per heavy atom. The number of carbonyl (C=O) groups excluding carboxylic acids is 2. The molecule has 166 valence electrons. The summed E-state index contributed by atoms with van der Waals surface area (Å²) in [6, 6.07) is 9.67. The third-order valence-electron chi connectivity index (χ3n) is 4.78. The van der Waals surface area contributed by atoms with Crippen LogP contribution in [0, 0.1) is 0 Å². The Balaban J connectivity index is 1.61. The summed E-state index contributed by atoms with van der Waals surface area (Å²) in [6.45, 7) is -0.241. The Bertz CT molecular complexity index is 1150. The topological polar surface area (TPSA) is 115 Å². The molecule has 1 aliphatic rings. The number of carbonyl (C=O) groups is 2. The van der Waals surface area contributed by atoms with E-state index in [1.807, 2.05) is 0 Å². The molecule has 32 heavy (non-hydrogen) atoms. The lowest BCUT2D eigenvalue weighted by Gasteiger charge is -2.34. The van der Waals surface area contributed by atoms with Crippen LogP contribution in [-0.4, -0.2) is 45.8 Å². The van der Waals surface area contributed by atoms with E-state index in [4.69, 9.17) is 10.5 Å². The molecule has 2 heterocycles. The highest BCUT2D eigenvalue weighted by Crippen LogP contribution is 2.34. The first-order valence-corrected chi connectivity index (χ1v) is 9.38. The molecule has 0 fully saturated rings. The average molecular weight is 446 g/mol. The monoisotopic (exact) mass is 446 g/mol. The number of amides is 2. The Hall–Kier alpha value is -4.09. The number of para-hydroxylation sites is 2. The zero-order valence-corrected chi connectivity index (χ0v) is 16.4. The summed E-state index contributed by atoms with van der Waals surface area (Å²) in [6.07, 6.45) is -3.05. The molecular formula is C20H17F3N6O3. The van der Waals surface area contributed by atoms with E-state index in [-0.39, 0.29) is 24.5 Å². The lowest BCUT2D eigenvalue weighted by atomic mass is 10.1. The molecule has 0 saturated heterocycles. The molecule has 4 rings (SSSR count). The van der Waals surface area contributed by atoms with Crippen LogP contribution in [0.2, 0.25) is 0 Å². The van der Waals surface area contributed by atoms with E-state index in [2.05, 4.69) is 15.4 Å². The highest BCUT2D eigenvalue weighted by Gasteiger charge is 2.32. The second-order valence-electron chi connectivity index (χ2n) is 6.98. The predicted molar refractivity (Wildman–Crippen MR) is 107 cm³/mol. The molecular weight excluding hydrogens is 429 g/mol. The quantitative estimate of drug-likeness (QED) is 0.619. The first kappa shape index (κ1) is 21.2. The van der Waals surface area contributed by atoms with Crippen LogP contribution in [0.15, 0.2) is 55.1 Å². The van der Waals surface area contributed by atoms with Crippen molar-refractivity contribution in [2.24, 2.45) is 5.73 Å². The van der Waals surface area contributed by atoms with Gasteiger partial charge in [0.15, 0.2) is 6.10 Å². The summed E-state index contributed by atoms with van der Waals surface area (Å²) in [5, 5.41) is 6.42. The van der Waals surface area contributed by atoms with Crippen molar-refractivity contribution in [1.29, 1.82) is 0 Å². The van der Waals surface area contributed by atoms with E-state index in [0.29, 0.717) is 11.4 Å². The molecule has 0 spiro atoms. The molecule has 3 aromatic rings. The van der Waals surface area contributed by atoms with Gasteiger partial charge in [-0.2, -0.15) is 18.3 Å². The van der Waals surface area contributed by atoms with Crippen molar-refractivity contribution in [3.05, 3.63) is 60.7 Å². The number of nitrogens with zero attached hydrogens (tertiary/aromatic N) is 4. The summed E-state index contributed by atoms with van der Waals surface area (Å²) >= 11 is 0. The first-order valence-electron chi connectivity index (χ1n) is 9.38. The fourth-order valence-electron chi connectivity index (χ4n) is 3.31. The Labute approximate surface area is 179 Å². The number of ether oxygens (including phenoxy) is 1. The first-order chi connectivity index (χ1) is 15.2. The molecule has 12 heteroatoms. The molecule has 0 unspecified atom stereocenters. The van der Waals surface area contributed by atoms with Crippen LogP contribution >= 0.6 is 0 Å². The number of alkyl halides is 3. The molecule has 1 atom stereocenters. The number of anilines is 2. The van der Waals surface area contributed by atoms with Crippen LogP contribution in [0.25, 0.3) is 5.69 Å². The highest BCUT2D eigenvalue weighted by molar-refractivity contribution is 5.96. The van der Waals surface area contributed by atoms with Crippen LogP contribution < -0.4 is 20.7 Å². The zero-order chi connectivity index (χ0) is 22.9. The second-order valence-corrected chi connectivity index (χ2v) is 6.98. The van der Waals surface area contributed by atoms with Crippen molar-refractivity contribution in [2.45, 2.75) is 12.3 Å².